The Hall–Kier alpha value is -3.68. The van der Waals surface area contributed by atoms with E-state index in [4.69, 9.17) is 9.47 Å². The Morgan fingerprint density at radius 3 is 2.72 bits per heavy atom. The monoisotopic (exact) mass is 337 g/mol. The number of benzene rings is 2. The van der Waals surface area contributed by atoms with E-state index in [2.05, 4.69) is 9.97 Å². The van der Waals surface area contributed by atoms with Crippen LogP contribution in [0.4, 0.5) is 5.69 Å². The maximum absolute atomic E-state index is 12.1. The number of aromatic amines is 1. The van der Waals surface area contributed by atoms with E-state index < -0.39 is 4.92 Å². The normalized spacial score (nSPS) is 12.8. The summed E-state index contributed by atoms with van der Waals surface area (Å²) in [4.78, 5) is 29.8. The third kappa shape index (κ3) is 2.69. The van der Waals surface area contributed by atoms with E-state index >= 15 is 0 Å². The highest BCUT2D eigenvalue weighted by atomic mass is 16.7. The number of ether oxygens (including phenoxy) is 2. The number of aromatic nitrogens is 2. The molecular weight excluding hydrogens is 326 g/mol. The molecule has 4 rings (SSSR count). The van der Waals surface area contributed by atoms with Crippen LogP contribution in [-0.4, -0.2) is 21.7 Å². The van der Waals surface area contributed by atoms with Gasteiger partial charge in [-0.2, -0.15) is 0 Å². The number of para-hydroxylation sites is 1. The first-order valence-corrected chi connectivity index (χ1v) is 7.37. The van der Waals surface area contributed by atoms with Gasteiger partial charge in [0.15, 0.2) is 11.5 Å². The van der Waals surface area contributed by atoms with Crippen molar-refractivity contribution in [2.75, 3.05) is 6.79 Å². The summed E-state index contributed by atoms with van der Waals surface area (Å²) in [5.74, 6) is 1.07. The third-order valence-corrected chi connectivity index (χ3v) is 3.77. The molecule has 0 saturated heterocycles. The SMILES string of the molecule is O=c1[nH]c(/C=C/c2cc3c(cc2[N+](=O)[O-])OCO3)nc2ccccc12. The van der Waals surface area contributed by atoms with Crippen molar-refractivity contribution in [2.24, 2.45) is 0 Å². The van der Waals surface area contributed by atoms with Crippen molar-refractivity contribution in [2.45, 2.75) is 0 Å². The van der Waals surface area contributed by atoms with Crippen LogP contribution in [0.5, 0.6) is 11.5 Å². The van der Waals surface area contributed by atoms with Gasteiger partial charge in [-0.05, 0) is 30.4 Å². The molecule has 8 nitrogen and oxygen atoms in total. The summed E-state index contributed by atoms with van der Waals surface area (Å²) in [7, 11) is 0. The topological polar surface area (TPSA) is 107 Å². The number of H-pyrrole nitrogens is 1. The fourth-order valence-corrected chi connectivity index (χ4v) is 2.59. The Morgan fingerprint density at radius 1 is 1.16 bits per heavy atom. The van der Waals surface area contributed by atoms with Gasteiger partial charge in [0.25, 0.3) is 11.2 Å². The number of rotatable bonds is 3. The molecular formula is C17H11N3O5. The molecule has 8 heteroatoms. The smallest absolute Gasteiger partial charge is 0.280 e. The molecule has 1 aliphatic heterocycles. The predicted octanol–water partition coefficient (Wildman–Crippen LogP) is 2.73. The maximum Gasteiger partial charge on any atom is 0.280 e. The minimum Gasteiger partial charge on any atom is -0.454 e. The van der Waals surface area contributed by atoms with Crippen LogP contribution < -0.4 is 15.0 Å². The van der Waals surface area contributed by atoms with Crippen LogP contribution >= 0.6 is 0 Å². The molecule has 1 aromatic heterocycles. The van der Waals surface area contributed by atoms with E-state index in [-0.39, 0.29) is 18.0 Å². The summed E-state index contributed by atoms with van der Waals surface area (Å²) < 4.78 is 10.4. The van der Waals surface area contributed by atoms with Gasteiger partial charge in [0.05, 0.1) is 27.5 Å². The first-order valence-electron chi connectivity index (χ1n) is 7.37. The first-order chi connectivity index (χ1) is 12.1. The standard InChI is InChI=1S/C17H11N3O5/c21-17-11-3-1-2-4-12(11)18-16(19-17)6-5-10-7-14-15(25-9-24-14)8-13(10)20(22)23/h1-8H,9H2,(H,18,19,21)/b6-5+. The molecule has 0 saturated carbocycles. The van der Waals surface area contributed by atoms with Crippen molar-refractivity contribution in [3.05, 3.63) is 68.3 Å². The van der Waals surface area contributed by atoms with Crippen molar-refractivity contribution in [3.63, 3.8) is 0 Å². The lowest BCUT2D eigenvalue weighted by Crippen LogP contribution is -2.09. The van der Waals surface area contributed by atoms with E-state index in [1.165, 1.54) is 24.3 Å². The molecule has 0 amide bonds. The van der Waals surface area contributed by atoms with Crippen LogP contribution in [-0.2, 0) is 0 Å². The summed E-state index contributed by atoms with van der Waals surface area (Å²) in [5.41, 5.74) is 0.477. The van der Waals surface area contributed by atoms with Gasteiger partial charge in [0.1, 0.15) is 5.82 Å². The van der Waals surface area contributed by atoms with Crippen LogP contribution in [0.2, 0.25) is 0 Å². The second-order valence-corrected chi connectivity index (χ2v) is 5.32. The zero-order valence-electron chi connectivity index (χ0n) is 12.8. The molecule has 0 fully saturated rings. The van der Waals surface area contributed by atoms with Gasteiger partial charge in [-0.25, -0.2) is 4.98 Å². The van der Waals surface area contributed by atoms with Crippen molar-refractivity contribution in [1.82, 2.24) is 9.97 Å². The molecule has 0 unspecified atom stereocenters. The molecule has 1 aliphatic rings. The van der Waals surface area contributed by atoms with Crippen molar-refractivity contribution in [3.8, 4) is 11.5 Å². The number of nitrogens with zero attached hydrogens (tertiary/aromatic N) is 2. The summed E-state index contributed by atoms with van der Waals surface area (Å²) in [5, 5.41) is 11.7. The molecule has 25 heavy (non-hydrogen) atoms. The number of nitrogens with one attached hydrogen (secondary N) is 1. The van der Waals surface area contributed by atoms with Crippen LogP contribution in [0.25, 0.3) is 23.1 Å². The van der Waals surface area contributed by atoms with Gasteiger partial charge in [-0.15, -0.1) is 0 Å². The number of fused-ring (bicyclic) bond motifs is 2. The first kappa shape index (κ1) is 14.9. The zero-order valence-corrected chi connectivity index (χ0v) is 12.8. The zero-order chi connectivity index (χ0) is 17.4. The van der Waals surface area contributed by atoms with Gasteiger partial charge in [0.2, 0.25) is 6.79 Å². The molecule has 3 aromatic rings. The highest BCUT2D eigenvalue weighted by Crippen LogP contribution is 2.38. The fourth-order valence-electron chi connectivity index (χ4n) is 2.59. The van der Waals surface area contributed by atoms with Crippen molar-refractivity contribution in [1.29, 1.82) is 0 Å². The third-order valence-electron chi connectivity index (χ3n) is 3.77. The minimum absolute atomic E-state index is 0.0270. The number of nitro benzene ring substituents is 1. The largest absolute Gasteiger partial charge is 0.454 e. The number of hydrogen-bond acceptors (Lipinski definition) is 6. The number of hydrogen-bond donors (Lipinski definition) is 1. The van der Waals surface area contributed by atoms with Gasteiger partial charge >= 0.3 is 0 Å². The molecule has 2 aromatic carbocycles. The van der Waals surface area contributed by atoms with Gasteiger partial charge in [-0.3, -0.25) is 14.9 Å². The number of nitro groups is 1. The molecule has 0 bridgehead atoms. The van der Waals surface area contributed by atoms with E-state index in [0.717, 1.165) is 0 Å². The molecule has 2 heterocycles. The quantitative estimate of drug-likeness (QED) is 0.581. The highest BCUT2D eigenvalue weighted by Gasteiger charge is 2.22. The van der Waals surface area contributed by atoms with Crippen LogP contribution in [0.3, 0.4) is 0 Å². The Labute approximate surface area is 140 Å². The molecule has 0 aliphatic carbocycles. The van der Waals surface area contributed by atoms with E-state index in [0.29, 0.717) is 33.8 Å². The maximum atomic E-state index is 12.1. The second kappa shape index (κ2) is 5.75. The Kier molecular flexibility index (Phi) is 3.42. The van der Waals surface area contributed by atoms with E-state index in [1.54, 1.807) is 24.3 Å². The van der Waals surface area contributed by atoms with Crippen molar-refractivity contribution >= 4 is 28.7 Å². The average Bonchev–Trinajstić information content (AvgIpc) is 3.06. The summed E-state index contributed by atoms with van der Waals surface area (Å²) in [6, 6.07) is 9.78. The Morgan fingerprint density at radius 2 is 1.92 bits per heavy atom. The Bertz CT molecular complexity index is 1090. The molecule has 1 N–H and O–H groups in total. The summed E-state index contributed by atoms with van der Waals surface area (Å²) >= 11 is 0. The molecule has 124 valence electrons. The summed E-state index contributed by atoms with van der Waals surface area (Å²) in [6.45, 7) is 0.0270. The molecule has 0 spiro atoms. The molecule has 0 atom stereocenters. The van der Waals surface area contributed by atoms with Crippen LogP contribution in [0, 0.1) is 10.1 Å². The second-order valence-electron chi connectivity index (χ2n) is 5.32. The van der Waals surface area contributed by atoms with E-state index in [9.17, 15) is 14.9 Å². The Balaban J connectivity index is 1.77. The van der Waals surface area contributed by atoms with Crippen LogP contribution in [0.15, 0.2) is 41.2 Å². The minimum atomic E-state index is -0.502. The lowest BCUT2D eigenvalue weighted by molar-refractivity contribution is -0.385. The van der Waals surface area contributed by atoms with Gasteiger partial charge in [-0.1, -0.05) is 12.1 Å². The predicted molar refractivity (Wildman–Crippen MR) is 90.5 cm³/mol. The van der Waals surface area contributed by atoms with Gasteiger partial charge in [0, 0.05) is 0 Å². The van der Waals surface area contributed by atoms with Crippen molar-refractivity contribution < 1.29 is 14.4 Å². The van der Waals surface area contributed by atoms with Crippen LogP contribution in [0.1, 0.15) is 11.4 Å². The lowest BCUT2D eigenvalue weighted by Gasteiger charge is -2.01. The summed E-state index contributed by atoms with van der Waals surface area (Å²) in [6.07, 6.45) is 3.02. The molecule has 0 radical (unpaired) electrons. The highest BCUT2D eigenvalue weighted by molar-refractivity contribution is 5.80. The lowest BCUT2D eigenvalue weighted by atomic mass is 10.1. The average molecular weight is 337 g/mol. The fraction of sp³-hybridized carbons (Fsp3) is 0.0588. The van der Waals surface area contributed by atoms with Gasteiger partial charge < -0.3 is 14.5 Å². The van der Waals surface area contributed by atoms with E-state index in [1.807, 2.05) is 0 Å².